The number of hydrogen-bond acceptors (Lipinski definition) is 3. The van der Waals surface area contributed by atoms with E-state index < -0.39 is 8.07 Å². The van der Waals surface area contributed by atoms with E-state index >= 15 is 0 Å². The molecule has 0 aliphatic carbocycles. The lowest BCUT2D eigenvalue weighted by molar-refractivity contribution is -0.141. The van der Waals surface area contributed by atoms with Gasteiger partial charge in [0.15, 0.2) is 0 Å². The molecule has 2 aromatic rings. The van der Waals surface area contributed by atoms with E-state index in [1.807, 2.05) is 18.2 Å². The van der Waals surface area contributed by atoms with Crippen LogP contribution in [0.4, 0.5) is 0 Å². The van der Waals surface area contributed by atoms with Crippen molar-refractivity contribution in [2.75, 3.05) is 6.61 Å². The lowest BCUT2D eigenvalue weighted by atomic mass is 10.0. The van der Waals surface area contributed by atoms with E-state index in [1.165, 1.54) is 12.5 Å². The van der Waals surface area contributed by atoms with Gasteiger partial charge in [0, 0.05) is 18.9 Å². The van der Waals surface area contributed by atoms with Gasteiger partial charge in [-0.3, -0.25) is 4.79 Å². The summed E-state index contributed by atoms with van der Waals surface area (Å²) in [5.41, 5.74) is 2.27. The van der Waals surface area contributed by atoms with Crippen molar-refractivity contribution in [3.8, 4) is 11.8 Å². The second-order valence-electron chi connectivity index (χ2n) is 7.16. The van der Waals surface area contributed by atoms with Gasteiger partial charge in [0.2, 0.25) is 0 Å². The predicted octanol–water partition coefficient (Wildman–Crippen LogP) is 4.11. The lowest BCUT2D eigenvalue weighted by Crippen LogP contribution is -2.36. The molecule has 0 aliphatic heterocycles. The number of carbonyl (C=O) groups is 1. The second kappa shape index (κ2) is 8.73. The molecule has 1 heterocycles. The summed E-state index contributed by atoms with van der Waals surface area (Å²) in [6.45, 7) is 8.40. The highest BCUT2D eigenvalue weighted by atomic mass is 28.3. The molecule has 1 unspecified atom stereocenters. The Hall–Kier alpha value is -2.25. The van der Waals surface area contributed by atoms with Crippen LogP contribution in [0.2, 0.25) is 19.6 Å². The van der Waals surface area contributed by atoms with Gasteiger partial charge in [-0.25, -0.2) is 0 Å². The third-order valence-corrected chi connectivity index (χ3v) is 5.61. The molecule has 0 aliphatic rings. The van der Waals surface area contributed by atoms with Crippen molar-refractivity contribution in [1.29, 1.82) is 0 Å². The Morgan fingerprint density at radius 2 is 1.96 bits per heavy atom. The zero-order chi connectivity index (χ0) is 18.3. The number of furan rings is 1. The van der Waals surface area contributed by atoms with Gasteiger partial charge in [-0.2, -0.15) is 0 Å². The molecule has 1 aromatic heterocycles. The first-order chi connectivity index (χ1) is 11.9. The van der Waals surface area contributed by atoms with Gasteiger partial charge < -0.3 is 9.15 Å². The number of rotatable bonds is 6. The lowest BCUT2D eigenvalue weighted by Gasteiger charge is -2.11. The van der Waals surface area contributed by atoms with Crippen LogP contribution >= 0.6 is 0 Å². The molecular formula is C21H26O3Si. The van der Waals surface area contributed by atoms with Crippen LogP contribution in [-0.4, -0.2) is 20.7 Å². The largest absolute Gasteiger partial charge is 0.474 e. The number of aryl methyl sites for hydroxylation is 1. The predicted molar refractivity (Wildman–Crippen MR) is 104 cm³/mol. The topological polar surface area (TPSA) is 39.4 Å². The molecule has 0 radical (unpaired) electrons. The van der Waals surface area contributed by atoms with Crippen molar-refractivity contribution in [1.82, 2.24) is 0 Å². The standard InChI is InChI=1S/C21H26O3Si/c1-17(22)23-15-19(20-14-21(24-16-20)25(2,3)4)13-9-8-12-18-10-6-5-7-11-18/h5-7,10-11,14,16,19H,8,12,15H2,1-4H3. The van der Waals surface area contributed by atoms with Gasteiger partial charge >= 0.3 is 5.97 Å². The van der Waals surface area contributed by atoms with Crippen molar-refractivity contribution in [3.05, 3.63) is 53.8 Å². The SMILES string of the molecule is CC(=O)OCC(C#CCCc1ccccc1)c1coc([Si](C)(C)C)c1. The summed E-state index contributed by atoms with van der Waals surface area (Å²) in [4.78, 5) is 11.2. The van der Waals surface area contributed by atoms with Crippen LogP contribution in [-0.2, 0) is 16.0 Å². The fourth-order valence-electron chi connectivity index (χ4n) is 2.40. The normalized spacial score (nSPS) is 12.2. The van der Waals surface area contributed by atoms with Gasteiger partial charge in [0.25, 0.3) is 0 Å². The number of carbonyl (C=O) groups excluding carboxylic acids is 1. The van der Waals surface area contributed by atoms with E-state index in [2.05, 4.69) is 49.7 Å². The van der Waals surface area contributed by atoms with E-state index in [9.17, 15) is 4.79 Å². The first-order valence-electron chi connectivity index (χ1n) is 8.61. The van der Waals surface area contributed by atoms with Gasteiger partial charge in [-0.1, -0.05) is 55.9 Å². The minimum Gasteiger partial charge on any atom is -0.474 e. The zero-order valence-electron chi connectivity index (χ0n) is 15.5. The smallest absolute Gasteiger partial charge is 0.302 e. The summed E-state index contributed by atoms with van der Waals surface area (Å²) >= 11 is 0. The molecular weight excluding hydrogens is 328 g/mol. The number of hydrogen-bond donors (Lipinski definition) is 0. The highest BCUT2D eigenvalue weighted by Crippen LogP contribution is 2.17. The molecule has 1 aromatic carbocycles. The minimum absolute atomic E-state index is 0.145. The van der Waals surface area contributed by atoms with Crippen LogP contribution < -0.4 is 5.38 Å². The molecule has 1 atom stereocenters. The Morgan fingerprint density at radius 3 is 2.56 bits per heavy atom. The second-order valence-corrected chi connectivity index (χ2v) is 12.1. The van der Waals surface area contributed by atoms with Crippen LogP contribution in [0.1, 0.15) is 30.4 Å². The molecule has 2 rings (SSSR count). The molecule has 4 heteroatoms. The van der Waals surface area contributed by atoms with Gasteiger partial charge in [-0.05, 0) is 18.1 Å². The fourth-order valence-corrected chi connectivity index (χ4v) is 3.41. The maximum absolute atomic E-state index is 11.2. The molecule has 3 nitrogen and oxygen atoms in total. The maximum atomic E-state index is 11.2. The summed E-state index contributed by atoms with van der Waals surface area (Å²) in [6, 6.07) is 12.4. The van der Waals surface area contributed by atoms with Crippen LogP contribution in [0.3, 0.4) is 0 Å². The number of benzene rings is 1. The summed E-state index contributed by atoms with van der Waals surface area (Å²) < 4.78 is 10.9. The third-order valence-electron chi connectivity index (χ3n) is 3.87. The maximum Gasteiger partial charge on any atom is 0.302 e. The molecule has 0 fully saturated rings. The highest BCUT2D eigenvalue weighted by molar-refractivity contribution is 6.87. The molecule has 0 amide bonds. The number of esters is 1. The van der Waals surface area contributed by atoms with Crippen LogP contribution in [0.25, 0.3) is 0 Å². The number of ether oxygens (including phenoxy) is 1. The summed E-state index contributed by atoms with van der Waals surface area (Å²) in [5.74, 6) is 6.06. The molecule has 0 saturated carbocycles. The molecule has 0 N–H and O–H groups in total. The van der Waals surface area contributed by atoms with Gasteiger partial charge in [0.1, 0.15) is 14.7 Å². The average Bonchev–Trinajstić information content (AvgIpc) is 3.05. The van der Waals surface area contributed by atoms with Crippen LogP contribution in [0.15, 0.2) is 47.1 Å². The quantitative estimate of drug-likeness (QED) is 0.445. The van der Waals surface area contributed by atoms with E-state index in [-0.39, 0.29) is 18.5 Å². The van der Waals surface area contributed by atoms with E-state index in [4.69, 9.17) is 9.15 Å². The Labute approximate surface area is 151 Å². The summed E-state index contributed by atoms with van der Waals surface area (Å²) in [7, 11) is -1.51. The Bertz CT molecular complexity index is 745. The van der Waals surface area contributed by atoms with Gasteiger partial charge in [-0.15, -0.1) is 5.92 Å². The minimum atomic E-state index is -1.51. The molecule has 132 valence electrons. The first-order valence-corrected chi connectivity index (χ1v) is 12.1. The van der Waals surface area contributed by atoms with Crippen molar-refractivity contribution >= 4 is 19.4 Å². The Morgan fingerprint density at radius 1 is 1.24 bits per heavy atom. The first kappa shape index (κ1) is 19.1. The molecule has 0 spiro atoms. The fraction of sp³-hybridized carbons (Fsp3) is 0.381. The highest BCUT2D eigenvalue weighted by Gasteiger charge is 2.23. The van der Waals surface area contributed by atoms with E-state index in [0.29, 0.717) is 0 Å². The van der Waals surface area contributed by atoms with Gasteiger partial charge in [0.05, 0.1) is 17.6 Å². The van der Waals surface area contributed by atoms with E-state index in [0.717, 1.165) is 23.8 Å². The van der Waals surface area contributed by atoms with Crippen LogP contribution in [0, 0.1) is 11.8 Å². The zero-order valence-corrected chi connectivity index (χ0v) is 16.5. The Balaban J connectivity index is 2.07. The van der Waals surface area contributed by atoms with Crippen molar-refractivity contribution in [3.63, 3.8) is 0 Å². The monoisotopic (exact) mass is 354 g/mol. The Kier molecular flexibility index (Phi) is 6.66. The summed E-state index contributed by atoms with van der Waals surface area (Å²) in [6.07, 6.45) is 3.45. The van der Waals surface area contributed by atoms with Crippen molar-refractivity contribution in [2.45, 2.75) is 45.3 Å². The van der Waals surface area contributed by atoms with E-state index in [1.54, 1.807) is 6.26 Å². The van der Waals surface area contributed by atoms with Crippen molar-refractivity contribution < 1.29 is 13.9 Å². The third kappa shape index (κ3) is 6.28. The van der Waals surface area contributed by atoms with Crippen LogP contribution in [0.5, 0.6) is 0 Å². The average molecular weight is 355 g/mol. The van der Waals surface area contributed by atoms with Crippen molar-refractivity contribution in [2.24, 2.45) is 0 Å². The molecule has 0 bridgehead atoms. The molecule has 0 saturated heterocycles. The molecule has 25 heavy (non-hydrogen) atoms. The summed E-state index contributed by atoms with van der Waals surface area (Å²) in [5, 5.41) is 1.04.